The first-order valence-electron chi connectivity index (χ1n) is 9.18. The molecular weight excluding hydrogens is 312 g/mol. The monoisotopic (exact) mass is 346 g/mol. The number of aliphatic hydroxyl groups is 1. The highest BCUT2D eigenvalue weighted by atomic mass is 16.5. The van der Waals surface area contributed by atoms with E-state index in [4.69, 9.17) is 4.74 Å². The molecule has 0 aromatic rings. The van der Waals surface area contributed by atoms with Crippen molar-refractivity contribution in [2.45, 2.75) is 66.9 Å². The summed E-state index contributed by atoms with van der Waals surface area (Å²) in [6.07, 6.45) is 12.9. The van der Waals surface area contributed by atoms with Crippen LogP contribution in [0.5, 0.6) is 0 Å². The van der Waals surface area contributed by atoms with Crippen LogP contribution in [-0.2, 0) is 9.53 Å². The number of rotatable bonds is 7. The van der Waals surface area contributed by atoms with Gasteiger partial charge in [0.05, 0.1) is 6.10 Å². The maximum atomic E-state index is 10.7. The number of allylic oxidation sites excluding steroid dienone is 5. The van der Waals surface area contributed by atoms with E-state index in [-0.39, 0.29) is 23.9 Å². The lowest BCUT2D eigenvalue weighted by Crippen LogP contribution is -2.19. The fourth-order valence-electron chi connectivity index (χ4n) is 3.16. The van der Waals surface area contributed by atoms with E-state index >= 15 is 0 Å². The quantitative estimate of drug-likeness (QED) is 0.513. The normalized spacial score (nSPS) is 21.0. The molecule has 0 radical (unpaired) electrons. The Morgan fingerprint density at radius 3 is 2.60 bits per heavy atom. The van der Waals surface area contributed by atoms with Crippen molar-refractivity contribution in [1.29, 1.82) is 0 Å². The third-order valence-corrected chi connectivity index (χ3v) is 4.90. The Labute approximate surface area is 153 Å². The van der Waals surface area contributed by atoms with E-state index in [0.717, 1.165) is 5.57 Å². The van der Waals surface area contributed by atoms with Crippen LogP contribution < -0.4 is 0 Å². The van der Waals surface area contributed by atoms with Crippen LogP contribution >= 0.6 is 0 Å². The van der Waals surface area contributed by atoms with Gasteiger partial charge < -0.3 is 9.84 Å². The van der Waals surface area contributed by atoms with Crippen molar-refractivity contribution in [2.24, 2.45) is 11.3 Å². The summed E-state index contributed by atoms with van der Waals surface area (Å²) in [6.45, 7) is 12.4. The van der Waals surface area contributed by atoms with Gasteiger partial charge in [-0.15, -0.1) is 0 Å². The van der Waals surface area contributed by atoms with Crippen molar-refractivity contribution in [3.63, 3.8) is 0 Å². The Morgan fingerprint density at radius 2 is 2.00 bits per heavy atom. The van der Waals surface area contributed by atoms with Gasteiger partial charge in [-0.1, -0.05) is 56.2 Å². The van der Waals surface area contributed by atoms with Crippen LogP contribution in [-0.4, -0.2) is 23.8 Å². The third-order valence-electron chi connectivity index (χ3n) is 4.90. The van der Waals surface area contributed by atoms with Crippen molar-refractivity contribution in [3.8, 4) is 0 Å². The van der Waals surface area contributed by atoms with Crippen LogP contribution in [0.4, 0.5) is 0 Å². The molecule has 0 amide bonds. The molecule has 1 aliphatic carbocycles. The summed E-state index contributed by atoms with van der Waals surface area (Å²) in [6, 6.07) is 0. The van der Waals surface area contributed by atoms with E-state index in [9.17, 15) is 9.90 Å². The maximum absolute atomic E-state index is 10.7. The largest absolute Gasteiger partial charge is 0.462 e. The number of aliphatic hydroxyl groups excluding tert-OH is 1. The fourth-order valence-corrected chi connectivity index (χ4v) is 3.16. The molecule has 3 nitrogen and oxygen atoms in total. The van der Waals surface area contributed by atoms with Gasteiger partial charge in [0.25, 0.3) is 0 Å². The molecule has 0 spiro atoms. The number of carbonyl (C=O) groups is 1. The highest BCUT2D eigenvalue weighted by Crippen LogP contribution is 2.40. The van der Waals surface area contributed by atoms with Crippen molar-refractivity contribution in [3.05, 3.63) is 47.1 Å². The summed E-state index contributed by atoms with van der Waals surface area (Å²) < 4.78 is 4.87. The lowest BCUT2D eigenvalue weighted by atomic mass is 9.72. The second kappa shape index (κ2) is 9.76. The smallest absolute Gasteiger partial charge is 0.302 e. The Balaban J connectivity index is 2.65. The predicted molar refractivity (Wildman–Crippen MR) is 104 cm³/mol. The van der Waals surface area contributed by atoms with Crippen LogP contribution in [0.1, 0.15) is 60.8 Å². The zero-order valence-electron chi connectivity index (χ0n) is 16.6. The minimum absolute atomic E-state index is 0.0375. The summed E-state index contributed by atoms with van der Waals surface area (Å²) >= 11 is 0. The minimum atomic E-state index is -0.541. The Kier molecular flexibility index (Phi) is 8.37. The molecular formula is C22H34O3. The topological polar surface area (TPSA) is 46.5 Å². The summed E-state index contributed by atoms with van der Waals surface area (Å²) in [7, 11) is 0. The van der Waals surface area contributed by atoms with Crippen molar-refractivity contribution < 1.29 is 14.6 Å². The van der Waals surface area contributed by atoms with Gasteiger partial charge in [0.15, 0.2) is 0 Å². The second-order valence-electron chi connectivity index (χ2n) is 7.75. The van der Waals surface area contributed by atoms with Gasteiger partial charge in [-0.3, -0.25) is 4.79 Å². The number of esters is 1. The van der Waals surface area contributed by atoms with Crippen LogP contribution in [0.15, 0.2) is 47.1 Å². The average molecular weight is 347 g/mol. The predicted octanol–water partition coefficient (Wildman–Crippen LogP) is 5.13. The van der Waals surface area contributed by atoms with Crippen molar-refractivity contribution in [1.82, 2.24) is 0 Å². The highest BCUT2D eigenvalue weighted by molar-refractivity contribution is 5.66. The molecule has 0 saturated heterocycles. The molecule has 25 heavy (non-hydrogen) atoms. The summed E-state index contributed by atoms with van der Waals surface area (Å²) in [5.74, 6) is -0.252. The molecule has 2 atom stereocenters. The van der Waals surface area contributed by atoms with Crippen LogP contribution in [0.25, 0.3) is 0 Å². The number of carbonyl (C=O) groups excluding carboxylic acids is 1. The van der Waals surface area contributed by atoms with E-state index in [1.54, 1.807) is 6.08 Å². The van der Waals surface area contributed by atoms with Gasteiger partial charge in [0, 0.05) is 12.8 Å². The molecule has 0 bridgehead atoms. The first-order chi connectivity index (χ1) is 11.6. The van der Waals surface area contributed by atoms with Gasteiger partial charge in [-0.2, -0.15) is 0 Å². The molecule has 0 fully saturated rings. The number of ether oxygens (including phenoxy) is 1. The molecule has 0 saturated carbocycles. The zero-order chi connectivity index (χ0) is 19.0. The maximum Gasteiger partial charge on any atom is 0.302 e. The SMILES string of the molecule is CC(=O)OC/C=C(C)/C=C/C(O)C(C)/C=C/C1=C(C)CCCC1(C)C. The first-order valence-corrected chi connectivity index (χ1v) is 9.18. The van der Waals surface area contributed by atoms with E-state index in [1.165, 1.54) is 37.3 Å². The van der Waals surface area contributed by atoms with Crippen LogP contribution in [0, 0.1) is 11.3 Å². The van der Waals surface area contributed by atoms with Crippen molar-refractivity contribution >= 4 is 5.97 Å². The van der Waals surface area contributed by atoms with Gasteiger partial charge in [0.1, 0.15) is 6.61 Å². The van der Waals surface area contributed by atoms with E-state index in [0.29, 0.717) is 0 Å². The summed E-state index contributed by atoms with van der Waals surface area (Å²) in [5, 5.41) is 10.3. The lowest BCUT2D eigenvalue weighted by molar-refractivity contribution is -0.139. The van der Waals surface area contributed by atoms with Gasteiger partial charge in [0.2, 0.25) is 0 Å². The van der Waals surface area contributed by atoms with Gasteiger partial charge in [-0.25, -0.2) is 0 Å². The number of hydrogen-bond donors (Lipinski definition) is 1. The van der Waals surface area contributed by atoms with Gasteiger partial charge in [-0.05, 0) is 50.2 Å². The highest BCUT2D eigenvalue weighted by Gasteiger charge is 2.26. The molecule has 1 N–H and O–H groups in total. The molecule has 1 aliphatic rings. The van der Waals surface area contributed by atoms with Gasteiger partial charge >= 0.3 is 5.97 Å². The molecule has 0 aliphatic heterocycles. The zero-order valence-corrected chi connectivity index (χ0v) is 16.6. The molecule has 0 aromatic carbocycles. The Bertz CT molecular complexity index is 576. The van der Waals surface area contributed by atoms with Crippen LogP contribution in [0.2, 0.25) is 0 Å². The van der Waals surface area contributed by atoms with E-state index in [2.05, 4.69) is 32.9 Å². The molecule has 0 heterocycles. The molecule has 1 rings (SSSR count). The Hall–Kier alpha value is -1.61. The summed E-state index contributed by atoms with van der Waals surface area (Å²) in [4.78, 5) is 10.7. The fraction of sp³-hybridized carbons (Fsp3) is 0.591. The number of hydrogen-bond acceptors (Lipinski definition) is 3. The minimum Gasteiger partial charge on any atom is -0.462 e. The molecule has 0 aromatic heterocycles. The Morgan fingerprint density at radius 1 is 1.32 bits per heavy atom. The molecule has 140 valence electrons. The van der Waals surface area contributed by atoms with E-state index < -0.39 is 6.10 Å². The lowest BCUT2D eigenvalue weighted by Gasteiger charge is -2.33. The second-order valence-corrected chi connectivity index (χ2v) is 7.75. The van der Waals surface area contributed by atoms with Crippen molar-refractivity contribution in [2.75, 3.05) is 6.61 Å². The van der Waals surface area contributed by atoms with E-state index in [1.807, 2.05) is 26.0 Å². The standard InChI is InChI=1S/C22H34O3/c1-16(13-15-25-19(4)23)9-12-21(24)18(3)10-11-20-17(2)8-7-14-22(20,5)6/h9-13,18,21,24H,7-8,14-15H2,1-6H3/b11-10+,12-9+,16-13+. The average Bonchev–Trinajstić information content (AvgIpc) is 2.50. The summed E-state index contributed by atoms with van der Waals surface area (Å²) in [5.41, 5.74) is 4.06. The first kappa shape index (κ1) is 21.4. The van der Waals surface area contributed by atoms with Crippen LogP contribution in [0.3, 0.4) is 0 Å². The third kappa shape index (κ3) is 7.43. The molecule has 3 heteroatoms. The molecule has 2 unspecified atom stereocenters.